The molecule has 0 spiro atoms. The number of nitrogens with zero attached hydrogens (tertiary/aromatic N) is 2. The Labute approximate surface area is 114 Å². The van der Waals surface area contributed by atoms with Crippen LogP contribution in [0.5, 0.6) is 0 Å². The summed E-state index contributed by atoms with van der Waals surface area (Å²) < 4.78 is 0. The number of amides is 2. The summed E-state index contributed by atoms with van der Waals surface area (Å²) >= 11 is 0. The Morgan fingerprint density at radius 3 is 2.21 bits per heavy atom. The Morgan fingerprint density at radius 2 is 1.58 bits per heavy atom. The van der Waals surface area contributed by atoms with Gasteiger partial charge in [-0.15, -0.1) is 0 Å². The molecular weight excluding hydrogens is 244 g/mol. The van der Waals surface area contributed by atoms with Crippen molar-refractivity contribution in [3.8, 4) is 0 Å². The molecule has 0 aliphatic carbocycles. The van der Waals surface area contributed by atoms with Crippen LogP contribution in [0.3, 0.4) is 0 Å². The van der Waals surface area contributed by atoms with Crippen molar-refractivity contribution in [1.82, 2.24) is 9.80 Å². The number of hydrogen-bond donors (Lipinski definition) is 1. The molecule has 0 aromatic rings. The van der Waals surface area contributed by atoms with E-state index in [1.54, 1.807) is 4.90 Å². The van der Waals surface area contributed by atoms with Crippen LogP contribution in [-0.4, -0.2) is 52.6 Å². The first-order valence-corrected chi connectivity index (χ1v) is 7.46. The summed E-state index contributed by atoms with van der Waals surface area (Å²) in [6.45, 7) is 2.37. The Balaban J connectivity index is 1.94. The van der Waals surface area contributed by atoms with Crippen LogP contribution in [0, 0.1) is 0 Å². The molecule has 1 unspecified atom stereocenters. The minimum atomic E-state index is -0.808. The third-order valence-corrected chi connectivity index (χ3v) is 4.16. The van der Waals surface area contributed by atoms with Crippen molar-refractivity contribution >= 4 is 12.0 Å². The molecule has 5 nitrogen and oxygen atoms in total. The van der Waals surface area contributed by atoms with Crippen LogP contribution < -0.4 is 0 Å². The minimum absolute atomic E-state index is 0.0608. The molecule has 2 fully saturated rings. The fourth-order valence-corrected chi connectivity index (χ4v) is 3.12. The van der Waals surface area contributed by atoms with Crippen molar-refractivity contribution < 1.29 is 14.7 Å². The van der Waals surface area contributed by atoms with E-state index >= 15 is 0 Å². The van der Waals surface area contributed by atoms with E-state index in [1.807, 2.05) is 4.90 Å². The van der Waals surface area contributed by atoms with E-state index in [9.17, 15) is 9.59 Å². The average molecular weight is 268 g/mol. The first-order valence-electron chi connectivity index (χ1n) is 7.46. The summed E-state index contributed by atoms with van der Waals surface area (Å²) in [6.07, 6.45) is 7.65. The summed E-state index contributed by atoms with van der Waals surface area (Å²) in [5, 5.41) is 8.91. The van der Waals surface area contributed by atoms with Gasteiger partial charge < -0.3 is 14.9 Å². The van der Waals surface area contributed by atoms with Crippen molar-refractivity contribution in [2.45, 2.75) is 57.4 Å². The summed E-state index contributed by atoms with van der Waals surface area (Å²) in [7, 11) is 0. The predicted octanol–water partition coefficient (Wildman–Crippen LogP) is 2.31. The van der Waals surface area contributed by atoms with Gasteiger partial charge in [0.1, 0.15) is 0 Å². The largest absolute Gasteiger partial charge is 0.481 e. The van der Waals surface area contributed by atoms with Crippen molar-refractivity contribution in [2.24, 2.45) is 0 Å². The van der Waals surface area contributed by atoms with Gasteiger partial charge in [-0.1, -0.05) is 19.3 Å². The van der Waals surface area contributed by atoms with Gasteiger partial charge in [0.05, 0.1) is 6.42 Å². The molecular formula is C14H24N2O3. The Kier molecular flexibility index (Phi) is 5.05. The van der Waals surface area contributed by atoms with Crippen molar-refractivity contribution in [2.75, 3.05) is 19.6 Å². The van der Waals surface area contributed by atoms with Gasteiger partial charge in [-0.25, -0.2) is 4.79 Å². The normalized spacial score (nSPS) is 24.9. The molecule has 2 aliphatic rings. The highest BCUT2D eigenvalue weighted by Crippen LogP contribution is 2.23. The Bertz CT molecular complexity index is 325. The lowest BCUT2D eigenvalue weighted by Crippen LogP contribution is -2.47. The van der Waals surface area contributed by atoms with Gasteiger partial charge in [0, 0.05) is 25.7 Å². The molecule has 1 N–H and O–H groups in total. The fourth-order valence-electron chi connectivity index (χ4n) is 3.12. The predicted molar refractivity (Wildman–Crippen MR) is 72.0 cm³/mol. The number of carbonyl (C=O) groups excluding carboxylic acids is 1. The molecule has 0 aromatic carbocycles. The second-order valence-electron chi connectivity index (χ2n) is 5.62. The van der Waals surface area contributed by atoms with Crippen LogP contribution in [0.25, 0.3) is 0 Å². The zero-order valence-corrected chi connectivity index (χ0v) is 11.5. The molecule has 0 aromatic heterocycles. The van der Waals surface area contributed by atoms with Crippen LogP contribution in [0.2, 0.25) is 0 Å². The van der Waals surface area contributed by atoms with Gasteiger partial charge >= 0.3 is 12.0 Å². The maximum atomic E-state index is 12.5. The number of likely N-dealkylation sites (tertiary alicyclic amines) is 2. The number of carboxylic acid groups (broad SMARTS) is 1. The quantitative estimate of drug-likeness (QED) is 0.836. The SMILES string of the molecule is O=C(O)CC1CCCN1C(=O)N1CCCCCCC1. The molecule has 2 amide bonds. The lowest BCUT2D eigenvalue weighted by atomic mass is 10.1. The average Bonchev–Trinajstić information content (AvgIpc) is 2.75. The van der Waals surface area contributed by atoms with Crippen LogP contribution in [-0.2, 0) is 4.79 Å². The zero-order valence-electron chi connectivity index (χ0n) is 11.5. The molecule has 0 saturated carbocycles. The van der Waals surface area contributed by atoms with Crippen molar-refractivity contribution in [1.29, 1.82) is 0 Å². The molecule has 1 atom stereocenters. The molecule has 0 bridgehead atoms. The topological polar surface area (TPSA) is 60.9 Å². The number of carboxylic acids is 1. The maximum absolute atomic E-state index is 12.5. The van der Waals surface area contributed by atoms with Crippen LogP contribution in [0.15, 0.2) is 0 Å². The summed E-state index contributed by atoms with van der Waals surface area (Å²) in [6, 6.07) is -0.0407. The van der Waals surface area contributed by atoms with Gasteiger partial charge in [-0.2, -0.15) is 0 Å². The van der Waals surface area contributed by atoms with Gasteiger partial charge in [0.2, 0.25) is 0 Å². The second-order valence-corrected chi connectivity index (χ2v) is 5.62. The van der Waals surface area contributed by atoms with E-state index in [-0.39, 0.29) is 18.5 Å². The van der Waals surface area contributed by atoms with Crippen molar-refractivity contribution in [3.05, 3.63) is 0 Å². The monoisotopic (exact) mass is 268 g/mol. The van der Waals surface area contributed by atoms with E-state index in [0.29, 0.717) is 6.54 Å². The third-order valence-electron chi connectivity index (χ3n) is 4.16. The number of urea groups is 1. The summed E-state index contributed by atoms with van der Waals surface area (Å²) in [5.74, 6) is -0.808. The van der Waals surface area contributed by atoms with Gasteiger partial charge in [0.25, 0.3) is 0 Å². The van der Waals surface area contributed by atoms with Crippen molar-refractivity contribution in [3.63, 3.8) is 0 Å². The highest BCUT2D eigenvalue weighted by molar-refractivity contribution is 5.76. The lowest BCUT2D eigenvalue weighted by molar-refractivity contribution is -0.138. The summed E-state index contributed by atoms with van der Waals surface area (Å²) in [5.41, 5.74) is 0. The molecule has 108 valence electrons. The van der Waals surface area contributed by atoms with Gasteiger partial charge in [-0.3, -0.25) is 4.79 Å². The van der Waals surface area contributed by atoms with E-state index in [2.05, 4.69) is 0 Å². The number of hydrogen-bond acceptors (Lipinski definition) is 2. The highest BCUT2D eigenvalue weighted by Gasteiger charge is 2.32. The van der Waals surface area contributed by atoms with E-state index in [1.165, 1.54) is 19.3 Å². The Hall–Kier alpha value is -1.26. The van der Waals surface area contributed by atoms with Gasteiger partial charge in [0.15, 0.2) is 0 Å². The standard InChI is InChI=1S/C14H24N2O3/c17-13(18)11-12-7-6-10-16(12)14(19)15-8-4-2-1-3-5-9-15/h12H,1-11H2,(H,17,18). The second kappa shape index (κ2) is 6.78. The Morgan fingerprint density at radius 1 is 0.947 bits per heavy atom. The smallest absolute Gasteiger partial charge is 0.320 e. The number of carbonyl (C=O) groups is 2. The van der Waals surface area contributed by atoms with Crippen LogP contribution in [0.1, 0.15) is 51.4 Å². The van der Waals surface area contributed by atoms with E-state index in [4.69, 9.17) is 5.11 Å². The molecule has 2 aliphatic heterocycles. The van der Waals surface area contributed by atoms with E-state index in [0.717, 1.165) is 38.8 Å². The first-order chi connectivity index (χ1) is 9.18. The molecule has 0 radical (unpaired) electrons. The minimum Gasteiger partial charge on any atom is -0.481 e. The number of aliphatic carboxylic acids is 1. The lowest BCUT2D eigenvalue weighted by Gasteiger charge is -2.32. The fraction of sp³-hybridized carbons (Fsp3) is 0.857. The first kappa shape index (κ1) is 14.2. The maximum Gasteiger partial charge on any atom is 0.320 e. The zero-order chi connectivity index (χ0) is 13.7. The highest BCUT2D eigenvalue weighted by atomic mass is 16.4. The molecule has 2 saturated heterocycles. The molecule has 19 heavy (non-hydrogen) atoms. The van der Waals surface area contributed by atoms with E-state index < -0.39 is 5.97 Å². The third kappa shape index (κ3) is 3.85. The molecule has 2 heterocycles. The van der Waals surface area contributed by atoms with Crippen LogP contribution in [0.4, 0.5) is 4.79 Å². The molecule has 2 rings (SSSR count). The number of rotatable bonds is 2. The summed E-state index contributed by atoms with van der Waals surface area (Å²) in [4.78, 5) is 27.1. The molecule has 5 heteroatoms. The van der Waals surface area contributed by atoms with Crippen LogP contribution >= 0.6 is 0 Å². The van der Waals surface area contributed by atoms with Gasteiger partial charge in [-0.05, 0) is 25.7 Å².